The van der Waals surface area contributed by atoms with E-state index in [-0.39, 0.29) is 17.9 Å². The normalized spacial score (nSPS) is 22.1. The maximum absolute atomic E-state index is 11.7. The number of carboxylic acid groups (broad SMARTS) is 1. The summed E-state index contributed by atoms with van der Waals surface area (Å²) in [5.41, 5.74) is 0.874. The van der Waals surface area contributed by atoms with Gasteiger partial charge in [-0.2, -0.15) is 0 Å². The second-order valence-electron chi connectivity index (χ2n) is 5.08. The highest BCUT2D eigenvalue weighted by atomic mass is 35.5. The maximum atomic E-state index is 11.7. The molecule has 1 aliphatic rings. The molecule has 0 bridgehead atoms. The molecular formula is C13H15Cl2NO4S. The van der Waals surface area contributed by atoms with E-state index >= 15 is 0 Å². The highest BCUT2D eigenvalue weighted by molar-refractivity contribution is 7.91. The topological polar surface area (TPSA) is 74.7 Å². The lowest BCUT2D eigenvalue weighted by atomic mass is 10.1. The van der Waals surface area contributed by atoms with Gasteiger partial charge in [0.05, 0.1) is 28.0 Å². The molecule has 1 aromatic rings. The van der Waals surface area contributed by atoms with Gasteiger partial charge in [0.15, 0.2) is 9.84 Å². The number of hydrogen-bond donors (Lipinski definition) is 1. The van der Waals surface area contributed by atoms with E-state index in [0.29, 0.717) is 23.1 Å². The molecule has 0 amide bonds. The van der Waals surface area contributed by atoms with Crippen LogP contribution in [0.15, 0.2) is 18.2 Å². The Bertz CT molecular complexity index is 648. The van der Waals surface area contributed by atoms with E-state index in [2.05, 4.69) is 0 Å². The Labute approximate surface area is 133 Å². The summed E-state index contributed by atoms with van der Waals surface area (Å²) in [6.07, 6.45) is -0.194. The van der Waals surface area contributed by atoms with Crippen LogP contribution in [-0.4, -0.2) is 48.5 Å². The number of aliphatic carboxylic acids is 1. The molecule has 0 radical (unpaired) electrons. The van der Waals surface area contributed by atoms with Crippen molar-refractivity contribution in [3.63, 3.8) is 0 Å². The molecule has 1 N–H and O–H groups in total. The van der Waals surface area contributed by atoms with Crippen LogP contribution in [0.25, 0.3) is 0 Å². The van der Waals surface area contributed by atoms with Gasteiger partial charge in [-0.05, 0) is 17.7 Å². The second-order valence-corrected chi connectivity index (χ2v) is 8.13. The molecule has 8 heteroatoms. The average Bonchev–Trinajstić information content (AvgIpc) is 2.36. The first kappa shape index (κ1) is 16.5. The summed E-state index contributed by atoms with van der Waals surface area (Å²) in [6, 6.07) is 4.67. The minimum absolute atomic E-state index is 0.0461. The number of carboxylic acids is 1. The molecule has 0 aromatic heterocycles. The van der Waals surface area contributed by atoms with Crippen molar-refractivity contribution in [3.05, 3.63) is 33.8 Å². The van der Waals surface area contributed by atoms with Gasteiger partial charge in [-0.1, -0.05) is 29.3 Å². The summed E-state index contributed by atoms with van der Waals surface area (Å²) in [7, 11) is -3.17. The molecule has 1 fully saturated rings. The van der Waals surface area contributed by atoms with Crippen molar-refractivity contribution < 1.29 is 18.3 Å². The van der Waals surface area contributed by atoms with Crippen molar-refractivity contribution >= 4 is 39.0 Å². The maximum Gasteiger partial charge on any atom is 0.304 e. The molecule has 0 aliphatic carbocycles. The number of rotatable bonds is 4. The molecule has 21 heavy (non-hydrogen) atoms. The lowest BCUT2D eigenvalue weighted by Crippen LogP contribution is -2.48. The summed E-state index contributed by atoms with van der Waals surface area (Å²) < 4.78 is 23.4. The molecular weight excluding hydrogens is 337 g/mol. The van der Waals surface area contributed by atoms with E-state index in [1.807, 2.05) is 4.90 Å². The molecule has 0 saturated carbocycles. The Hall–Kier alpha value is -0.820. The Morgan fingerprint density at radius 2 is 2.05 bits per heavy atom. The Kier molecular flexibility index (Phi) is 5.14. The molecule has 1 aromatic carbocycles. The third kappa shape index (κ3) is 4.57. The van der Waals surface area contributed by atoms with Gasteiger partial charge < -0.3 is 5.11 Å². The van der Waals surface area contributed by atoms with E-state index in [1.54, 1.807) is 18.2 Å². The number of nitrogens with zero attached hydrogens (tertiary/aromatic N) is 1. The fraction of sp³-hybridized carbons (Fsp3) is 0.462. The summed E-state index contributed by atoms with van der Waals surface area (Å²) >= 11 is 11.8. The fourth-order valence-electron chi connectivity index (χ4n) is 2.39. The van der Waals surface area contributed by atoms with Crippen LogP contribution in [-0.2, 0) is 21.2 Å². The molecule has 2 rings (SSSR count). The lowest BCUT2D eigenvalue weighted by molar-refractivity contribution is -0.138. The van der Waals surface area contributed by atoms with Crippen LogP contribution < -0.4 is 0 Å². The smallest absolute Gasteiger partial charge is 0.304 e. The van der Waals surface area contributed by atoms with Crippen molar-refractivity contribution in [2.75, 3.05) is 18.1 Å². The first-order valence-corrected chi connectivity index (χ1v) is 8.95. The van der Waals surface area contributed by atoms with Crippen LogP contribution in [0.3, 0.4) is 0 Å². The predicted octanol–water partition coefficient (Wildman–Crippen LogP) is 2.07. The molecule has 1 atom stereocenters. The van der Waals surface area contributed by atoms with Crippen molar-refractivity contribution in [3.8, 4) is 0 Å². The van der Waals surface area contributed by atoms with Crippen molar-refractivity contribution in [1.29, 1.82) is 0 Å². The Balaban J connectivity index is 2.15. The van der Waals surface area contributed by atoms with E-state index in [9.17, 15) is 13.2 Å². The van der Waals surface area contributed by atoms with Gasteiger partial charge in [0.2, 0.25) is 0 Å². The summed E-state index contributed by atoms with van der Waals surface area (Å²) in [4.78, 5) is 12.8. The van der Waals surface area contributed by atoms with Gasteiger partial charge in [-0.15, -0.1) is 0 Å². The van der Waals surface area contributed by atoms with Crippen LogP contribution in [0.1, 0.15) is 12.0 Å². The zero-order valence-corrected chi connectivity index (χ0v) is 13.5. The number of carbonyl (C=O) groups is 1. The number of sulfone groups is 1. The van der Waals surface area contributed by atoms with Gasteiger partial charge >= 0.3 is 5.97 Å². The largest absolute Gasteiger partial charge is 0.481 e. The first-order valence-electron chi connectivity index (χ1n) is 6.37. The third-order valence-corrected chi connectivity index (χ3v) is 5.87. The minimum Gasteiger partial charge on any atom is -0.481 e. The second kappa shape index (κ2) is 6.52. The van der Waals surface area contributed by atoms with Crippen LogP contribution >= 0.6 is 23.2 Å². The van der Waals surface area contributed by atoms with E-state index in [4.69, 9.17) is 28.3 Å². The Morgan fingerprint density at radius 1 is 1.33 bits per heavy atom. The van der Waals surface area contributed by atoms with Crippen LogP contribution in [0.5, 0.6) is 0 Å². The summed E-state index contributed by atoms with van der Waals surface area (Å²) in [5.74, 6) is -1.08. The third-order valence-electron chi connectivity index (χ3n) is 3.43. The number of hydrogen-bond acceptors (Lipinski definition) is 4. The van der Waals surface area contributed by atoms with Crippen molar-refractivity contribution in [2.24, 2.45) is 0 Å². The van der Waals surface area contributed by atoms with E-state index in [0.717, 1.165) is 5.56 Å². The molecule has 1 aliphatic heterocycles. The zero-order chi connectivity index (χ0) is 15.6. The van der Waals surface area contributed by atoms with Gasteiger partial charge in [0, 0.05) is 19.1 Å². The quantitative estimate of drug-likeness (QED) is 0.898. The van der Waals surface area contributed by atoms with E-state index < -0.39 is 21.8 Å². The van der Waals surface area contributed by atoms with Gasteiger partial charge in [-0.3, -0.25) is 9.69 Å². The summed E-state index contributed by atoms with van der Waals surface area (Å²) in [5, 5.41) is 9.81. The lowest BCUT2D eigenvalue weighted by Gasteiger charge is -2.34. The monoisotopic (exact) mass is 351 g/mol. The molecule has 1 saturated heterocycles. The standard InChI is InChI=1S/C13H15Cl2NO4S/c14-11-2-1-9(5-12(11)15)7-16-3-4-21(19,20)8-10(16)6-13(17)18/h1-2,5,10H,3-4,6-8H2,(H,17,18). The molecule has 1 heterocycles. The summed E-state index contributed by atoms with van der Waals surface area (Å²) in [6.45, 7) is 0.769. The van der Waals surface area contributed by atoms with Gasteiger partial charge in [0.25, 0.3) is 0 Å². The number of benzene rings is 1. The molecule has 5 nitrogen and oxygen atoms in total. The zero-order valence-electron chi connectivity index (χ0n) is 11.1. The molecule has 1 unspecified atom stereocenters. The Morgan fingerprint density at radius 3 is 2.67 bits per heavy atom. The van der Waals surface area contributed by atoms with Gasteiger partial charge in [-0.25, -0.2) is 8.42 Å². The first-order chi connectivity index (χ1) is 9.77. The van der Waals surface area contributed by atoms with E-state index in [1.165, 1.54) is 0 Å². The number of halogens is 2. The van der Waals surface area contributed by atoms with Gasteiger partial charge in [0.1, 0.15) is 0 Å². The van der Waals surface area contributed by atoms with Crippen LogP contribution in [0.2, 0.25) is 10.0 Å². The van der Waals surface area contributed by atoms with Crippen molar-refractivity contribution in [1.82, 2.24) is 4.90 Å². The predicted molar refractivity (Wildman–Crippen MR) is 81.6 cm³/mol. The SMILES string of the molecule is O=C(O)CC1CS(=O)(=O)CCN1Cc1ccc(Cl)c(Cl)c1. The highest BCUT2D eigenvalue weighted by Gasteiger charge is 2.32. The minimum atomic E-state index is -3.17. The average molecular weight is 352 g/mol. The van der Waals surface area contributed by atoms with Crippen molar-refractivity contribution in [2.45, 2.75) is 19.0 Å². The fourth-order valence-corrected chi connectivity index (χ4v) is 4.31. The molecule has 116 valence electrons. The van der Waals surface area contributed by atoms with Crippen LogP contribution in [0.4, 0.5) is 0 Å². The van der Waals surface area contributed by atoms with Crippen LogP contribution in [0, 0.1) is 0 Å². The molecule has 0 spiro atoms. The highest BCUT2D eigenvalue weighted by Crippen LogP contribution is 2.25.